The summed E-state index contributed by atoms with van der Waals surface area (Å²) in [5.74, 6) is 2.82. The number of thiophene rings is 2. The topological polar surface area (TPSA) is 196 Å². The highest BCUT2D eigenvalue weighted by molar-refractivity contribution is 9.10. The number of benzene rings is 3. The van der Waals surface area contributed by atoms with E-state index in [0.717, 1.165) is 93.6 Å². The van der Waals surface area contributed by atoms with Crippen LogP contribution < -0.4 is 11.5 Å². The van der Waals surface area contributed by atoms with Gasteiger partial charge in [0.15, 0.2) is 0 Å². The van der Waals surface area contributed by atoms with Crippen LogP contribution in [0.15, 0.2) is 69.6 Å². The zero-order valence-corrected chi connectivity index (χ0v) is 56.0. The summed E-state index contributed by atoms with van der Waals surface area (Å²) < 4.78 is 21.9. The van der Waals surface area contributed by atoms with Gasteiger partial charge in [-0.05, 0) is 156 Å². The lowest BCUT2D eigenvalue weighted by molar-refractivity contribution is -0.122. The van der Waals surface area contributed by atoms with Crippen molar-refractivity contribution in [1.82, 2.24) is 29.7 Å². The highest BCUT2D eigenvalue weighted by atomic mass is 79.9. The SMILES string of the molecule is C#CCc1nc2ccccc2s1.C[C@@H]1CC(=O)CCN1C(=O)OC(C)(C)C.C[C@@H]1Cc2c(sc(N)c2-c2nc3cc(Br)ccc3s2)CN1C(=O)OC(C)(C)C.C[C@@H]1c2sc(N)c(-c3nc4cc(Br)ccc4s3)c2CCN1C(=O)OC(C)(C)C. The lowest BCUT2D eigenvalue weighted by atomic mass is 9.98. The molecule has 3 amide bonds. The number of hydrogen-bond acceptors (Lipinski definition) is 17. The first kappa shape index (κ1) is 63.4. The number of nitrogens with two attached hydrogens (primary N) is 2. The molecule has 0 unspecified atom stereocenters. The Morgan fingerprint density at radius 1 is 0.627 bits per heavy atom. The van der Waals surface area contributed by atoms with E-state index < -0.39 is 16.8 Å². The number of rotatable bonds is 3. The van der Waals surface area contributed by atoms with Gasteiger partial charge in [0.05, 0.1) is 59.7 Å². The summed E-state index contributed by atoms with van der Waals surface area (Å²) in [6.45, 7) is 24.4. The first-order valence-corrected chi connectivity index (χ1v) is 32.8. The van der Waals surface area contributed by atoms with E-state index in [9.17, 15) is 19.2 Å². The Morgan fingerprint density at radius 2 is 1.12 bits per heavy atom. The second-order valence-corrected chi connectivity index (χ2v) is 30.7. The molecule has 1 fully saturated rings. The number of nitrogen functional groups attached to an aromatic ring is 2. The minimum atomic E-state index is -0.508. The van der Waals surface area contributed by atoms with Crippen LogP contribution in [0.25, 0.3) is 51.8 Å². The van der Waals surface area contributed by atoms with E-state index in [1.807, 2.05) is 119 Å². The van der Waals surface area contributed by atoms with Crippen LogP contribution in [0.4, 0.5) is 24.4 Å². The molecule has 4 N–H and O–H groups in total. The van der Waals surface area contributed by atoms with Gasteiger partial charge in [0.2, 0.25) is 0 Å². The number of amides is 3. The van der Waals surface area contributed by atoms with Crippen molar-refractivity contribution in [2.45, 2.75) is 157 Å². The quantitative estimate of drug-likeness (QED) is 0.126. The Bertz CT molecular complexity index is 3690. The molecule has 0 aliphatic carbocycles. The fourth-order valence-corrected chi connectivity index (χ4v) is 15.6. The Kier molecular flexibility index (Phi) is 19.8. The zero-order chi connectivity index (χ0) is 60.5. The number of piperidine rings is 1. The second-order valence-electron chi connectivity index (χ2n) is 23.4. The second kappa shape index (κ2) is 25.9. The number of para-hydroxylation sites is 1. The van der Waals surface area contributed by atoms with E-state index in [0.29, 0.717) is 38.9 Å². The lowest BCUT2D eigenvalue weighted by Crippen LogP contribution is -2.46. The number of ether oxygens (including phenoxy) is 3. The number of anilines is 2. The first-order chi connectivity index (χ1) is 38.9. The molecular weight excluding hydrogens is 1280 g/mol. The minimum Gasteiger partial charge on any atom is -0.444 e. The van der Waals surface area contributed by atoms with Crippen molar-refractivity contribution in [3.8, 4) is 33.5 Å². The molecular formula is C61H70Br2N8O7S5. The predicted molar refractivity (Wildman–Crippen MR) is 349 cm³/mol. The molecule has 15 nitrogen and oxygen atoms in total. The maximum absolute atomic E-state index is 12.6. The van der Waals surface area contributed by atoms with E-state index in [1.165, 1.54) is 15.8 Å². The highest BCUT2D eigenvalue weighted by Crippen LogP contribution is 2.49. The van der Waals surface area contributed by atoms with Crippen molar-refractivity contribution in [3.05, 3.63) is 95.5 Å². The number of fused-ring (bicyclic) bond motifs is 5. The van der Waals surface area contributed by atoms with E-state index in [2.05, 4.69) is 67.9 Å². The summed E-state index contributed by atoms with van der Waals surface area (Å²) in [7, 11) is 0. The molecule has 0 saturated carbocycles. The van der Waals surface area contributed by atoms with E-state index >= 15 is 0 Å². The Morgan fingerprint density at radius 3 is 1.66 bits per heavy atom. The largest absolute Gasteiger partial charge is 0.444 e. The van der Waals surface area contributed by atoms with Crippen LogP contribution in [0.3, 0.4) is 0 Å². The molecule has 0 spiro atoms. The molecule has 440 valence electrons. The summed E-state index contributed by atoms with van der Waals surface area (Å²) in [4.78, 5) is 69.6. The Hall–Kier alpha value is -5.67. The van der Waals surface area contributed by atoms with Crippen molar-refractivity contribution < 1.29 is 33.4 Å². The van der Waals surface area contributed by atoms with Gasteiger partial charge in [-0.25, -0.2) is 29.3 Å². The molecule has 83 heavy (non-hydrogen) atoms. The van der Waals surface area contributed by atoms with Gasteiger partial charge in [0, 0.05) is 67.8 Å². The van der Waals surface area contributed by atoms with Crippen molar-refractivity contribution in [2.24, 2.45) is 0 Å². The Labute approximate surface area is 522 Å². The average molecular weight is 1350 g/mol. The number of thiazole rings is 3. The molecule has 22 heteroatoms. The number of terminal acetylenes is 1. The molecule has 0 bridgehead atoms. The number of nitrogens with zero attached hydrogens (tertiary/aromatic N) is 6. The van der Waals surface area contributed by atoms with Crippen LogP contribution in [0.5, 0.6) is 0 Å². The van der Waals surface area contributed by atoms with Gasteiger partial charge in [-0.3, -0.25) is 4.79 Å². The van der Waals surface area contributed by atoms with Crippen LogP contribution in [0.2, 0.25) is 0 Å². The molecule has 11 rings (SSSR count). The molecule has 3 aliphatic rings. The minimum absolute atomic E-state index is 0.0404. The maximum atomic E-state index is 12.6. The monoisotopic (exact) mass is 1340 g/mol. The maximum Gasteiger partial charge on any atom is 0.410 e. The lowest BCUT2D eigenvalue weighted by Gasteiger charge is -2.35. The van der Waals surface area contributed by atoms with Gasteiger partial charge in [0.25, 0.3) is 0 Å². The van der Waals surface area contributed by atoms with Gasteiger partial charge in [0.1, 0.15) is 37.6 Å². The number of carbonyl (C=O) groups excluding carboxylic acids is 4. The predicted octanol–water partition coefficient (Wildman–Crippen LogP) is 16.7. The molecule has 1 saturated heterocycles. The average Bonchev–Trinajstić information content (AvgIpc) is 2.51. The highest BCUT2D eigenvalue weighted by Gasteiger charge is 2.37. The third-order valence-corrected chi connectivity index (χ3v) is 19.7. The molecule has 0 radical (unpaired) electrons. The summed E-state index contributed by atoms with van der Waals surface area (Å²) in [6.07, 6.45) is 7.36. The van der Waals surface area contributed by atoms with Gasteiger partial charge < -0.3 is 40.4 Å². The number of Topliss-reactive ketones (excluding diaryl/α,β-unsaturated/α-hetero) is 1. The fourth-order valence-electron chi connectivity index (χ4n) is 9.55. The van der Waals surface area contributed by atoms with Crippen molar-refractivity contribution >= 4 is 153 Å². The van der Waals surface area contributed by atoms with Crippen LogP contribution in [0.1, 0.15) is 128 Å². The van der Waals surface area contributed by atoms with E-state index in [1.54, 1.807) is 71.4 Å². The van der Waals surface area contributed by atoms with Crippen LogP contribution >= 0.6 is 88.5 Å². The zero-order valence-electron chi connectivity index (χ0n) is 48.7. The summed E-state index contributed by atoms with van der Waals surface area (Å²) in [5, 5.41) is 4.45. The Balaban J connectivity index is 0.000000153. The van der Waals surface area contributed by atoms with Crippen molar-refractivity contribution in [2.75, 3.05) is 24.6 Å². The van der Waals surface area contributed by atoms with Gasteiger partial charge in [-0.1, -0.05) is 49.9 Å². The van der Waals surface area contributed by atoms with Crippen LogP contribution in [-0.4, -0.2) is 95.7 Å². The number of aromatic nitrogens is 3. The van der Waals surface area contributed by atoms with Gasteiger partial charge >= 0.3 is 18.3 Å². The molecule has 3 atom stereocenters. The van der Waals surface area contributed by atoms with Crippen LogP contribution in [-0.2, 0) is 44.8 Å². The van der Waals surface area contributed by atoms with E-state index in [4.69, 9.17) is 42.1 Å². The van der Waals surface area contributed by atoms with Gasteiger partial charge in [-0.15, -0.1) is 63.1 Å². The third kappa shape index (κ3) is 15.8. The fraction of sp³-hybridized carbons (Fsp3) is 0.426. The summed E-state index contributed by atoms with van der Waals surface area (Å²) in [6, 6.07) is 20.2. The summed E-state index contributed by atoms with van der Waals surface area (Å²) >= 11 is 15.1. The first-order valence-electron chi connectivity index (χ1n) is 27.2. The van der Waals surface area contributed by atoms with Crippen molar-refractivity contribution in [3.63, 3.8) is 0 Å². The molecule has 8 heterocycles. The standard InChI is InChI=1S/2C20H22BrN3O2S2.C11H19NO3.C10H7NS/c1-10-7-12-15(9-24(10)19(25)26-20(2,3)4)27-17(22)16(12)18-23-13-8-11(21)5-6-14(13)28-18;1-10-16-12(7-8-24(10)19(25)26-20(2,3)4)15(17(22)28-16)18-23-13-9-11(21)5-6-14(13)27-18;1-8-7-9(13)5-6-12(8)10(14)15-11(2,3)4;1-2-5-10-11-8-6-3-4-7-9(8)12-10/h5-6,8,10H,7,9,22H2,1-4H3;5-6,9-10H,7-8,22H2,1-4H3;8H,5-7H2,1-4H3;1,3-4,6-7H,5H2/t2*10-;8-;/m111./s1. The number of likely N-dealkylation sites (tertiary alicyclic amines) is 1. The third-order valence-electron chi connectivity index (χ3n) is 13.3. The molecule has 8 aromatic rings. The van der Waals surface area contributed by atoms with Gasteiger partial charge in [-0.2, -0.15) is 0 Å². The molecule has 3 aromatic carbocycles. The molecule has 3 aliphatic heterocycles. The van der Waals surface area contributed by atoms with Crippen LogP contribution in [0, 0.1) is 12.3 Å². The summed E-state index contributed by atoms with van der Waals surface area (Å²) in [5.41, 5.74) is 18.8. The van der Waals surface area contributed by atoms with E-state index in [-0.39, 0.29) is 42.2 Å². The number of halogens is 2. The number of carbonyl (C=O) groups is 4. The van der Waals surface area contributed by atoms with Crippen molar-refractivity contribution in [1.29, 1.82) is 0 Å². The smallest absolute Gasteiger partial charge is 0.410 e. The normalized spacial score (nSPS) is 17.0. The number of hydrogen-bond donors (Lipinski definition) is 2. The molecule has 5 aromatic heterocycles. The number of ketones is 1.